The van der Waals surface area contributed by atoms with Crippen LogP contribution in [0.4, 0.5) is 4.39 Å². The molecule has 1 amide bonds. The van der Waals surface area contributed by atoms with Crippen molar-refractivity contribution >= 4 is 16.9 Å². The van der Waals surface area contributed by atoms with Gasteiger partial charge in [-0.3, -0.25) is 9.78 Å². The molecule has 0 unspecified atom stereocenters. The molecular weight excluding hydrogens is 357 g/mol. The second-order valence-corrected chi connectivity index (χ2v) is 6.13. The monoisotopic (exact) mass is 373 g/mol. The summed E-state index contributed by atoms with van der Waals surface area (Å²) in [5.41, 5.74) is 2.54. The highest BCUT2D eigenvalue weighted by Gasteiger charge is 2.09. The lowest BCUT2D eigenvalue weighted by molar-refractivity contribution is 0.0946. The zero-order chi connectivity index (χ0) is 19.3. The Balaban J connectivity index is 1.42. The first-order valence-electron chi connectivity index (χ1n) is 8.70. The fraction of sp³-hybridized carbons (Fsp3) is 0.0455. The highest BCUT2D eigenvalue weighted by Crippen LogP contribution is 2.22. The van der Waals surface area contributed by atoms with Crippen molar-refractivity contribution in [3.8, 4) is 11.5 Å². The van der Waals surface area contributed by atoms with Gasteiger partial charge in [0.05, 0.1) is 17.2 Å². The minimum atomic E-state index is -0.319. The van der Waals surface area contributed by atoms with Crippen LogP contribution in [0.3, 0.4) is 0 Å². The number of fused-ring (bicyclic) bond motifs is 1. The molecule has 0 spiro atoms. The minimum absolute atomic E-state index is 0.261. The molecule has 6 heteroatoms. The fourth-order valence-electron chi connectivity index (χ4n) is 2.70. The van der Waals surface area contributed by atoms with Gasteiger partial charge in [0, 0.05) is 6.54 Å². The number of hydrogen-bond acceptors (Lipinski definition) is 4. The zero-order valence-corrected chi connectivity index (χ0v) is 14.8. The second kappa shape index (κ2) is 7.84. The highest BCUT2D eigenvalue weighted by molar-refractivity contribution is 5.93. The molecule has 4 aromatic rings. The predicted molar refractivity (Wildman–Crippen MR) is 104 cm³/mol. The number of nitrogens with one attached hydrogen (secondary N) is 1. The third-order valence-electron chi connectivity index (χ3n) is 4.08. The molecule has 0 saturated carbocycles. The van der Waals surface area contributed by atoms with Gasteiger partial charge in [0.1, 0.15) is 23.0 Å². The van der Waals surface area contributed by atoms with E-state index in [0.29, 0.717) is 23.6 Å². The van der Waals surface area contributed by atoms with Crippen molar-refractivity contribution in [3.05, 3.63) is 96.1 Å². The number of carbonyl (C=O) groups excluding carboxylic acids is 1. The van der Waals surface area contributed by atoms with Crippen LogP contribution in [0.1, 0.15) is 16.1 Å². The Bertz CT molecular complexity index is 1130. The first-order valence-corrected chi connectivity index (χ1v) is 8.70. The Morgan fingerprint density at radius 3 is 2.54 bits per heavy atom. The van der Waals surface area contributed by atoms with E-state index < -0.39 is 0 Å². The van der Waals surface area contributed by atoms with E-state index >= 15 is 0 Å². The number of benzene rings is 3. The summed E-state index contributed by atoms with van der Waals surface area (Å²) in [6, 6.07) is 20.5. The summed E-state index contributed by atoms with van der Waals surface area (Å²) in [5.74, 6) is 0.515. The van der Waals surface area contributed by atoms with Gasteiger partial charge >= 0.3 is 0 Å². The fourth-order valence-corrected chi connectivity index (χ4v) is 2.70. The number of ether oxygens (including phenoxy) is 1. The molecular formula is C22H16FN3O2. The molecule has 0 saturated heterocycles. The number of carbonyl (C=O) groups is 1. The van der Waals surface area contributed by atoms with Crippen LogP contribution in [-0.4, -0.2) is 15.9 Å². The van der Waals surface area contributed by atoms with Crippen LogP contribution in [0.5, 0.6) is 11.5 Å². The third-order valence-corrected chi connectivity index (χ3v) is 4.08. The summed E-state index contributed by atoms with van der Waals surface area (Å²) in [7, 11) is 0. The molecule has 0 aliphatic heterocycles. The van der Waals surface area contributed by atoms with E-state index in [1.807, 2.05) is 42.5 Å². The second-order valence-electron chi connectivity index (χ2n) is 6.13. The maximum atomic E-state index is 13.0. The van der Waals surface area contributed by atoms with Crippen molar-refractivity contribution in [1.29, 1.82) is 0 Å². The molecule has 0 atom stereocenters. The van der Waals surface area contributed by atoms with Crippen LogP contribution in [0.15, 0.2) is 79.0 Å². The van der Waals surface area contributed by atoms with Crippen molar-refractivity contribution in [2.24, 2.45) is 0 Å². The SMILES string of the molecule is O=C(NCc1cccc(Oc2ccc(F)cc2)c1)c1cnc2ccccc2n1. The summed E-state index contributed by atoms with van der Waals surface area (Å²) in [6.07, 6.45) is 1.46. The number of aromatic nitrogens is 2. The zero-order valence-electron chi connectivity index (χ0n) is 14.8. The summed E-state index contributed by atoms with van der Waals surface area (Å²) in [4.78, 5) is 21.0. The summed E-state index contributed by atoms with van der Waals surface area (Å²) in [6.45, 7) is 0.313. The lowest BCUT2D eigenvalue weighted by atomic mass is 10.2. The van der Waals surface area contributed by atoms with Crippen LogP contribution in [0.2, 0.25) is 0 Å². The molecule has 138 valence electrons. The first-order chi connectivity index (χ1) is 13.7. The van der Waals surface area contributed by atoms with E-state index in [1.165, 1.54) is 18.3 Å². The van der Waals surface area contributed by atoms with Gasteiger partial charge in [-0.25, -0.2) is 9.37 Å². The maximum absolute atomic E-state index is 13.0. The summed E-state index contributed by atoms with van der Waals surface area (Å²) >= 11 is 0. The molecule has 1 aromatic heterocycles. The Morgan fingerprint density at radius 2 is 1.71 bits per heavy atom. The number of rotatable bonds is 5. The van der Waals surface area contributed by atoms with Crippen molar-refractivity contribution in [1.82, 2.24) is 15.3 Å². The van der Waals surface area contributed by atoms with E-state index in [4.69, 9.17) is 4.74 Å². The number of amides is 1. The minimum Gasteiger partial charge on any atom is -0.457 e. The van der Waals surface area contributed by atoms with Gasteiger partial charge in [-0.2, -0.15) is 0 Å². The van der Waals surface area contributed by atoms with Gasteiger partial charge in [-0.05, 0) is 54.1 Å². The van der Waals surface area contributed by atoms with Crippen LogP contribution >= 0.6 is 0 Å². The highest BCUT2D eigenvalue weighted by atomic mass is 19.1. The lowest BCUT2D eigenvalue weighted by Crippen LogP contribution is -2.24. The van der Waals surface area contributed by atoms with E-state index in [1.54, 1.807) is 18.2 Å². The molecule has 3 aromatic carbocycles. The summed E-state index contributed by atoms with van der Waals surface area (Å²) in [5, 5.41) is 2.83. The third kappa shape index (κ3) is 4.12. The molecule has 0 fully saturated rings. The van der Waals surface area contributed by atoms with Gasteiger partial charge < -0.3 is 10.1 Å². The molecule has 0 aliphatic rings. The smallest absolute Gasteiger partial charge is 0.271 e. The van der Waals surface area contributed by atoms with Gasteiger partial charge in [-0.15, -0.1) is 0 Å². The Hall–Kier alpha value is -3.80. The Kier molecular flexibility index (Phi) is 4.93. The number of para-hydroxylation sites is 2. The average Bonchev–Trinajstić information content (AvgIpc) is 2.73. The van der Waals surface area contributed by atoms with E-state index in [2.05, 4.69) is 15.3 Å². The Labute approximate surface area is 160 Å². The van der Waals surface area contributed by atoms with Crippen molar-refractivity contribution in [3.63, 3.8) is 0 Å². The first kappa shape index (κ1) is 17.6. The van der Waals surface area contributed by atoms with Gasteiger partial charge in [0.15, 0.2) is 0 Å². The number of nitrogens with zero attached hydrogens (tertiary/aromatic N) is 2. The quantitative estimate of drug-likeness (QED) is 0.560. The van der Waals surface area contributed by atoms with E-state index in [0.717, 1.165) is 11.1 Å². The van der Waals surface area contributed by atoms with Crippen molar-refractivity contribution in [2.45, 2.75) is 6.54 Å². The van der Waals surface area contributed by atoms with Gasteiger partial charge in [0.2, 0.25) is 0 Å². The standard InChI is InChI=1S/C22H16FN3O2/c23-16-8-10-17(11-9-16)28-18-5-3-4-15(12-18)13-25-22(27)21-14-24-19-6-1-2-7-20(19)26-21/h1-12,14H,13H2,(H,25,27). The molecule has 0 aliphatic carbocycles. The predicted octanol–water partition coefficient (Wildman–Crippen LogP) is 4.49. The number of hydrogen-bond donors (Lipinski definition) is 1. The molecule has 0 bridgehead atoms. The van der Waals surface area contributed by atoms with E-state index in [9.17, 15) is 9.18 Å². The molecule has 1 N–H and O–H groups in total. The van der Waals surface area contributed by atoms with E-state index in [-0.39, 0.29) is 17.4 Å². The maximum Gasteiger partial charge on any atom is 0.271 e. The van der Waals surface area contributed by atoms with Crippen LogP contribution in [-0.2, 0) is 6.54 Å². The average molecular weight is 373 g/mol. The van der Waals surface area contributed by atoms with Crippen LogP contribution in [0, 0.1) is 5.82 Å². The largest absolute Gasteiger partial charge is 0.457 e. The van der Waals surface area contributed by atoms with Crippen molar-refractivity contribution in [2.75, 3.05) is 0 Å². The molecule has 4 rings (SSSR count). The van der Waals surface area contributed by atoms with Crippen LogP contribution in [0.25, 0.3) is 11.0 Å². The number of halogens is 1. The molecule has 28 heavy (non-hydrogen) atoms. The molecule has 1 heterocycles. The molecule has 0 radical (unpaired) electrons. The van der Waals surface area contributed by atoms with Crippen LogP contribution < -0.4 is 10.1 Å². The normalized spacial score (nSPS) is 10.6. The lowest BCUT2D eigenvalue weighted by Gasteiger charge is -2.09. The molecule has 5 nitrogen and oxygen atoms in total. The summed E-state index contributed by atoms with van der Waals surface area (Å²) < 4.78 is 18.7. The van der Waals surface area contributed by atoms with Crippen molar-refractivity contribution < 1.29 is 13.9 Å². The van der Waals surface area contributed by atoms with Gasteiger partial charge in [-0.1, -0.05) is 24.3 Å². The van der Waals surface area contributed by atoms with Gasteiger partial charge in [0.25, 0.3) is 5.91 Å². The Morgan fingerprint density at radius 1 is 0.929 bits per heavy atom. The topological polar surface area (TPSA) is 64.1 Å².